The highest BCUT2D eigenvalue weighted by molar-refractivity contribution is 5.93. The van der Waals surface area contributed by atoms with Gasteiger partial charge in [0.15, 0.2) is 0 Å². The summed E-state index contributed by atoms with van der Waals surface area (Å²) in [7, 11) is 1.72. The van der Waals surface area contributed by atoms with Crippen molar-refractivity contribution >= 4 is 10.9 Å². The highest BCUT2D eigenvalue weighted by atomic mass is 16.5. The SMILES string of the molecule is COCC1Oc2cc(-c3cnc(C4CCCN4)[nH]3)ccc2-c2[nH]c3ccccc3c21. The number of aromatic amines is 2. The van der Waals surface area contributed by atoms with Crippen LogP contribution in [0.4, 0.5) is 0 Å². The van der Waals surface area contributed by atoms with Gasteiger partial charge in [-0.25, -0.2) is 4.98 Å². The number of para-hydroxylation sites is 1. The van der Waals surface area contributed by atoms with Gasteiger partial charge in [0.25, 0.3) is 0 Å². The Kier molecular flexibility index (Phi) is 4.14. The molecule has 0 saturated carbocycles. The van der Waals surface area contributed by atoms with Gasteiger partial charge in [-0.05, 0) is 37.6 Å². The van der Waals surface area contributed by atoms with Crippen LogP contribution in [0.25, 0.3) is 33.4 Å². The number of hydrogen-bond acceptors (Lipinski definition) is 4. The van der Waals surface area contributed by atoms with Crippen LogP contribution in [0.2, 0.25) is 0 Å². The third-order valence-electron chi connectivity index (χ3n) is 6.20. The number of methoxy groups -OCH3 is 1. The Morgan fingerprint density at radius 1 is 1.17 bits per heavy atom. The molecule has 0 bridgehead atoms. The first-order valence-corrected chi connectivity index (χ1v) is 10.5. The molecule has 4 heterocycles. The molecule has 1 saturated heterocycles. The van der Waals surface area contributed by atoms with Gasteiger partial charge in [-0.15, -0.1) is 0 Å². The van der Waals surface area contributed by atoms with Crippen LogP contribution in [0.3, 0.4) is 0 Å². The van der Waals surface area contributed by atoms with Gasteiger partial charge in [-0.3, -0.25) is 0 Å². The van der Waals surface area contributed by atoms with Gasteiger partial charge in [-0.1, -0.05) is 24.3 Å². The molecule has 2 aliphatic heterocycles. The summed E-state index contributed by atoms with van der Waals surface area (Å²) in [5.41, 5.74) is 6.56. The first-order valence-electron chi connectivity index (χ1n) is 10.5. The Morgan fingerprint density at radius 3 is 2.97 bits per heavy atom. The summed E-state index contributed by atoms with van der Waals surface area (Å²) >= 11 is 0. The number of rotatable bonds is 4. The fraction of sp³-hybridized carbons (Fsp3) is 0.292. The van der Waals surface area contributed by atoms with Crippen molar-refractivity contribution in [3.8, 4) is 28.3 Å². The third-order valence-corrected chi connectivity index (χ3v) is 6.20. The molecule has 2 aliphatic rings. The van der Waals surface area contributed by atoms with Gasteiger partial charge in [0.1, 0.15) is 17.7 Å². The summed E-state index contributed by atoms with van der Waals surface area (Å²) in [6.45, 7) is 1.56. The number of hydrogen-bond donors (Lipinski definition) is 3. The van der Waals surface area contributed by atoms with Crippen LogP contribution >= 0.6 is 0 Å². The Morgan fingerprint density at radius 2 is 2.10 bits per heavy atom. The summed E-state index contributed by atoms with van der Waals surface area (Å²) < 4.78 is 11.9. The number of aromatic nitrogens is 3. The van der Waals surface area contributed by atoms with E-state index in [2.05, 4.69) is 62.7 Å². The lowest BCUT2D eigenvalue weighted by Gasteiger charge is -2.27. The zero-order valence-corrected chi connectivity index (χ0v) is 16.9. The number of H-pyrrole nitrogens is 2. The molecule has 0 spiro atoms. The fourth-order valence-electron chi connectivity index (χ4n) is 4.76. The van der Waals surface area contributed by atoms with Crippen LogP contribution < -0.4 is 10.1 Å². The van der Waals surface area contributed by atoms with Crippen molar-refractivity contribution in [2.75, 3.05) is 20.3 Å². The summed E-state index contributed by atoms with van der Waals surface area (Å²) in [5, 5.41) is 4.68. The molecule has 4 aromatic rings. The highest BCUT2D eigenvalue weighted by Gasteiger charge is 2.30. The van der Waals surface area contributed by atoms with Crippen LogP contribution in [-0.2, 0) is 4.74 Å². The Hall–Kier alpha value is -3.09. The van der Waals surface area contributed by atoms with Gasteiger partial charge < -0.3 is 24.8 Å². The maximum atomic E-state index is 6.44. The predicted molar refractivity (Wildman–Crippen MR) is 117 cm³/mol. The van der Waals surface area contributed by atoms with Crippen molar-refractivity contribution in [2.24, 2.45) is 0 Å². The second kappa shape index (κ2) is 7.00. The van der Waals surface area contributed by atoms with E-state index in [-0.39, 0.29) is 6.10 Å². The van der Waals surface area contributed by atoms with E-state index in [1.807, 2.05) is 6.20 Å². The molecule has 2 unspecified atom stereocenters. The smallest absolute Gasteiger partial charge is 0.150 e. The zero-order chi connectivity index (χ0) is 20.1. The number of ether oxygens (including phenoxy) is 2. The lowest BCUT2D eigenvalue weighted by atomic mass is 9.96. The molecule has 30 heavy (non-hydrogen) atoms. The van der Waals surface area contributed by atoms with E-state index >= 15 is 0 Å². The van der Waals surface area contributed by atoms with Crippen LogP contribution in [0, 0.1) is 0 Å². The minimum atomic E-state index is -0.149. The molecule has 3 N–H and O–H groups in total. The van der Waals surface area contributed by atoms with E-state index in [9.17, 15) is 0 Å². The molecular formula is C24H24N4O2. The van der Waals surface area contributed by atoms with Gasteiger partial charge >= 0.3 is 0 Å². The number of imidazole rings is 1. The molecule has 6 nitrogen and oxygen atoms in total. The first kappa shape index (κ1) is 17.7. The molecule has 0 amide bonds. The highest BCUT2D eigenvalue weighted by Crippen LogP contribution is 2.46. The van der Waals surface area contributed by atoms with Crippen LogP contribution in [-0.4, -0.2) is 35.2 Å². The maximum Gasteiger partial charge on any atom is 0.150 e. The number of fused-ring (bicyclic) bond motifs is 5. The number of nitrogens with zero attached hydrogens (tertiary/aromatic N) is 1. The zero-order valence-electron chi connectivity index (χ0n) is 16.9. The molecule has 2 atom stereocenters. The van der Waals surface area contributed by atoms with Gasteiger partial charge in [0.2, 0.25) is 0 Å². The van der Waals surface area contributed by atoms with Gasteiger partial charge in [-0.2, -0.15) is 0 Å². The van der Waals surface area contributed by atoms with Gasteiger partial charge in [0.05, 0.1) is 30.2 Å². The van der Waals surface area contributed by atoms with Gasteiger partial charge in [0, 0.05) is 34.7 Å². The minimum Gasteiger partial charge on any atom is -0.482 e. The van der Waals surface area contributed by atoms with E-state index in [1.54, 1.807) is 7.11 Å². The lowest BCUT2D eigenvalue weighted by Crippen LogP contribution is -2.18. The topological polar surface area (TPSA) is 75.0 Å². The fourth-order valence-corrected chi connectivity index (χ4v) is 4.76. The molecule has 0 aliphatic carbocycles. The Balaban J connectivity index is 1.43. The molecule has 6 rings (SSSR count). The Bertz CT molecular complexity index is 1220. The molecule has 2 aromatic carbocycles. The predicted octanol–water partition coefficient (Wildman–Crippen LogP) is 4.73. The normalized spacial score (nSPS) is 20.2. The van der Waals surface area contributed by atoms with Crippen LogP contribution in [0.5, 0.6) is 5.75 Å². The van der Waals surface area contributed by atoms with E-state index in [1.165, 1.54) is 17.4 Å². The minimum absolute atomic E-state index is 0.149. The molecule has 152 valence electrons. The average molecular weight is 400 g/mol. The molecule has 2 aromatic heterocycles. The quantitative estimate of drug-likeness (QED) is 0.463. The number of nitrogens with one attached hydrogen (secondary N) is 3. The summed E-state index contributed by atoms with van der Waals surface area (Å²) in [6.07, 6.45) is 4.09. The summed E-state index contributed by atoms with van der Waals surface area (Å²) in [6, 6.07) is 15.1. The largest absolute Gasteiger partial charge is 0.482 e. The monoisotopic (exact) mass is 400 g/mol. The van der Waals surface area contributed by atoms with E-state index in [4.69, 9.17) is 9.47 Å². The lowest BCUT2D eigenvalue weighted by molar-refractivity contribution is 0.0803. The summed E-state index contributed by atoms with van der Waals surface area (Å²) in [5.74, 6) is 1.88. The van der Waals surface area contributed by atoms with Crippen molar-refractivity contribution in [3.05, 3.63) is 60.0 Å². The molecular weight excluding hydrogens is 376 g/mol. The van der Waals surface area contributed by atoms with Crippen LogP contribution in [0.15, 0.2) is 48.7 Å². The maximum absolute atomic E-state index is 6.44. The molecule has 6 heteroatoms. The third kappa shape index (κ3) is 2.75. The second-order valence-corrected chi connectivity index (χ2v) is 8.06. The van der Waals surface area contributed by atoms with E-state index in [0.29, 0.717) is 12.6 Å². The first-order chi connectivity index (χ1) is 14.8. The van der Waals surface area contributed by atoms with Crippen molar-refractivity contribution in [2.45, 2.75) is 25.0 Å². The van der Waals surface area contributed by atoms with E-state index in [0.717, 1.165) is 52.6 Å². The van der Waals surface area contributed by atoms with Crippen molar-refractivity contribution in [1.29, 1.82) is 0 Å². The standard InChI is InChI=1S/C24H24N4O2/c1-29-13-21-22-15-5-2-3-6-17(15)27-23(22)16-9-8-14(11-20(16)30-21)19-12-26-24(28-19)18-7-4-10-25-18/h2-3,5-6,8-9,11-12,18,21,25,27H,4,7,10,13H2,1H3,(H,26,28). The molecule has 1 fully saturated rings. The van der Waals surface area contributed by atoms with Crippen molar-refractivity contribution in [1.82, 2.24) is 20.3 Å². The second-order valence-electron chi connectivity index (χ2n) is 8.06. The Labute approximate surface area is 174 Å². The van der Waals surface area contributed by atoms with E-state index < -0.39 is 0 Å². The van der Waals surface area contributed by atoms with Crippen molar-refractivity contribution < 1.29 is 9.47 Å². The van der Waals surface area contributed by atoms with Crippen LogP contribution in [0.1, 0.15) is 36.4 Å². The average Bonchev–Trinajstić information content (AvgIpc) is 3.52. The molecule has 0 radical (unpaired) electrons. The summed E-state index contributed by atoms with van der Waals surface area (Å²) in [4.78, 5) is 11.7. The number of benzene rings is 2. The van der Waals surface area contributed by atoms with Crippen molar-refractivity contribution in [3.63, 3.8) is 0 Å².